The summed E-state index contributed by atoms with van der Waals surface area (Å²) < 4.78 is 0. The lowest BCUT2D eigenvalue weighted by Crippen LogP contribution is -2.42. The van der Waals surface area contributed by atoms with Crippen molar-refractivity contribution >= 4 is 5.91 Å². The molecule has 0 bridgehead atoms. The van der Waals surface area contributed by atoms with Gasteiger partial charge in [-0.05, 0) is 30.5 Å². The molecular formula is C15H21NO3. The van der Waals surface area contributed by atoms with Crippen molar-refractivity contribution in [1.29, 1.82) is 0 Å². The van der Waals surface area contributed by atoms with Gasteiger partial charge in [0.1, 0.15) is 5.75 Å². The summed E-state index contributed by atoms with van der Waals surface area (Å²) >= 11 is 0. The number of hydrogen-bond donors (Lipinski definition) is 2. The van der Waals surface area contributed by atoms with Gasteiger partial charge in [-0.1, -0.05) is 25.0 Å². The van der Waals surface area contributed by atoms with E-state index in [1.165, 1.54) is 0 Å². The lowest BCUT2D eigenvalue weighted by atomic mass is 10.1. The third-order valence-electron chi connectivity index (χ3n) is 3.67. The van der Waals surface area contributed by atoms with Crippen LogP contribution in [-0.2, 0) is 11.2 Å². The van der Waals surface area contributed by atoms with Gasteiger partial charge in [0.25, 0.3) is 0 Å². The summed E-state index contributed by atoms with van der Waals surface area (Å²) in [6.07, 6.45) is 4.35. The van der Waals surface area contributed by atoms with Crippen molar-refractivity contribution < 1.29 is 15.0 Å². The molecule has 0 saturated carbocycles. The minimum Gasteiger partial charge on any atom is -0.508 e. The summed E-state index contributed by atoms with van der Waals surface area (Å²) in [7, 11) is 0. The lowest BCUT2D eigenvalue weighted by molar-refractivity contribution is -0.133. The van der Waals surface area contributed by atoms with Crippen LogP contribution in [0.4, 0.5) is 0 Å². The van der Waals surface area contributed by atoms with E-state index in [4.69, 9.17) is 0 Å². The molecule has 1 aliphatic heterocycles. The number of hydrogen-bond acceptors (Lipinski definition) is 3. The molecule has 4 heteroatoms. The molecule has 1 atom stereocenters. The van der Waals surface area contributed by atoms with E-state index in [1.807, 2.05) is 6.07 Å². The third-order valence-corrected chi connectivity index (χ3v) is 3.67. The summed E-state index contributed by atoms with van der Waals surface area (Å²) in [6.45, 7) is 0.759. The third kappa shape index (κ3) is 3.70. The zero-order chi connectivity index (χ0) is 13.7. The largest absolute Gasteiger partial charge is 0.508 e. The molecule has 1 saturated heterocycles. The molecule has 1 fully saturated rings. The minimum atomic E-state index is -0.0488. The van der Waals surface area contributed by atoms with Crippen LogP contribution in [0.25, 0.3) is 0 Å². The van der Waals surface area contributed by atoms with Gasteiger partial charge in [0.15, 0.2) is 0 Å². The second-order valence-corrected chi connectivity index (χ2v) is 5.12. The predicted molar refractivity (Wildman–Crippen MR) is 72.9 cm³/mol. The second-order valence-electron chi connectivity index (χ2n) is 5.12. The standard InChI is InChI=1S/C15H21NO3/c17-11-13-6-2-1-3-8-16(13)15(19)10-12-5-4-7-14(18)9-12/h4-5,7,9,13,17-18H,1-3,6,8,10-11H2. The van der Waals surface area contributed by atoms with Crippen LogP contribution in [0.3, 0.4) is 0 Å². The minimum absolute atomic E-state index is 0.0335. The number of aliphatic hydroxyl groups is 1. The van der Waals surface area contributed by atoms with E-state index in [0.717, 1.165) is 37.8 Å². The molecule has 0 spiro atoms. The zero-order valence-electron chi connectivity index (χ0n) is 11.1. The maximum absolute atomic E-state index is 12.3. The van der Waals surface area contributed by atoms with Crippen LogP contribution < -0.4 is 0 Å². The number of carbonyl (C=O) groups is 1. The van der Waals surface area contributed by atoms with Gasteiger partial charge in [-0.3, -0.25) is 4.79 Å². The van der Waals surface area contributed by atoms with Crippen molar-refractivity contribution in [1.82, 2.24) is 4.90 Å². The first-order valence-corrected chi connectivity index (χ1v) is 6.89. The second kappa shape index (κ2) is 6.57. The average Bonchev–Trinajstić information content (AvgIpc) is 2.63. The number of nitrogens with zero attached hydrogens (tertiary/aromatic N) is 1. The first-order chi connectivity index (χ1) is 9.20. The Bertz CT molecular complexity index is 433. The van der Waals surface area contributed by atoms with Crippen LogP contribution >= 0.6 is 0 Å². The van der Waals surface area contributed by atoms with Crippen molar-refractivity contribution in [2.45, 2.75) is 38.1 Å². The van der Waals surface area contributed by atoms with Crippen molar-refractivity contribution in [2.75, 3.05) is 13.2 Å². The topological polar surface area (TPSA) is 60.8 Å². The lowest BCUT2D eigenvalue weighted by Gasteiger charge is -2.28. The van der Waals surface area contributed by atoms with Crippen LogP contribution in [0, 0.1) is 0 Å². The summed E-state index contributed by atoms with van der Waals surface area (Å²) in [5, 5.41) is 18.8. The van der Waals surface area contributed by atoms with E-state index in [2.05, 4.69) is 0 Å². The number of phenols is 1. The molecule has 19 heavy (non-hydrogen) atoms. The van der Waals surface area contributed by atoms with Crippen molar-refractivity contribution in [3.8, 4) is 5.75 Å². The van der Waals surface area contributed by atoms with E-state index in [1.54, 1.807) is 23.1 Å². The number of aromatic hydroxyl groups is 1. The SMILES string of the molecule is O=C(Cc1cccc(O)c1)N1CCCCCC1CO. The van der Waals surface area contributed by atoms with E-state index in [0.29, 0.717) is 0 Å². The van der Waals surface area contributed by atoms with E-state index in [9.17, 15) is 15.0 Å². The Balaban J connectivity index is 2.04. The highest BCUT2D eigenvalue weighted by Gasteiger charge is 2.24. The van der Waals surface area contributed by atoms with Crippen LogP contribution in [-0.4, -0.2) is 40.2 Å². The molecule has 0 radical (unpaired) electrons. The molecule has 0 aliphatic carbocycles. The zero-order valence-corrected chi connectivity index (χ0v) is 11.1. The predicted octanol–water partition coefficient (Wildman–Crippen LogP) is 1.70. The van der Waals surface area contributed by atoms with Gasteiger partial charge in [0, 0.05) is 6.54 Å². The number of likely N-dealkylation sites (tertiary alicyclic amines) is 1. The number of phenolic OH excluding ortho intramolecular Hbond substituents is 1. The number of amides is 1. The maximum Gasteiger partial charge on any atom is 0.227 e. The maximum atomic E-state index is 12.3. The van der Waals surface area contributed by atoms with E-state index >= 15 is 0 Å². The van der Waals surface area contributed by atoms with Crippen molar-refractivity contribution in [3.63, 3.8) is 0 Å². The van der Waals surface area contributed by atoms with Crippen LogP contribution in [0.1, 0.15) is 31.2 Å². The number of aliphatic hydroxyl groups excluding tert-OH is 1. The van der Waals surface area contributed by atoms with Crippen LogP contribution in [0.2, 0.25) is 0 Å². The Labute approximate surface area is 113 Å². The Hall–Kier alpha value is -1.55. The molecule has 1 unspecified atom stereocenters. The molecule has 104 valence electrons. The average molecular weight is 263 g/mol. The molecule has 1 aromatic carbocycles. The summed E-state index contributed by atoms with van der Waals surface area (Å²) in [4.78, 5) is 14.1. The molecule has 1 amide bonds. The Morgan fingerprint density at radius 3 is 2.89 bits per heavy atom. The first-order valence-electron chi connectivity index (χ1n) is 6.89. The van der Waals surface area contributed by atoms with Crippen LogP contribution in [0.15, 0.2) is 24.3 Å². The van der Waals surface area contributed by atoms with Gasteiger partial charge in [-0.2, -0.15) is 0 Å². The summed E-state index contributed by atoms with van der Waals surface area (Å²) in [6, 6.07) is 6.74. The van der Waals surface area contributed by atoms with Gasteiger partial charge in [-0.15, -0.1) is 0 Å². The summed E-state index contributed by atoms with van der Waals surface area (Å²) in [5.41, 5.74) is 0.811. The Morgan fingerprint density at radius 2 is 2.16 bits per heavy atom. The quantitative estimate of drug-likeness (QED) is 0.872. The highest BCUT2D eigenvalue weighted by atomic mass is 16.3. The molecule has 1 aromatic rings. The molecule has 2 rings (SSSR count). The molecule has 1 aliphatic rings. The Kier molecular flexibility index (Phi) is 4.80. The molecule has 1 heterocycles. The highest BCUT2D eigenvalue weighted by Crippen LogP contribution is 2.19. The van der Waals surface area contributed by atoms with E-state index in [-0.39, 0.29) is 30.7 Å². The fourth-order valence-electron chi connectivity index (χ4n) is 2.64. The monoisotopic (exact) mass is 263 g/mol. The van der Waals surface area contributed by atoms with Gasteiger partial charge in [0.05, 0.1) is 19.1 Å². The van der Waals surface area contributed by atoms with Crippen LogP contribution in [0.5, 0.6) is 5.75 Å². The fourth-order valence-corrected chi connectivity index (χ4v) is 2.64. The van der Waals surface area contributed by atoms with Gasteiger partial charge >= 0.3 is 0 Å². The normalized spacial score (nSPS) is 20.1. The summed E-state index contributed by atoms with van der Waals surface area (Å²) in [5.74, 6) is 0.214. The number of rotatable bonds is 3. The smallest absolute Gasteiger partial charge is 0.227 e. The molecule has 2 N–H and O–H groups in total. The molecule has 4 nitrogen and oxygen atoms in total. The van der Waals surface area contributed by atoms with Crippen molar-refractivity contribution in [3.05, 3.63) is 29.8 Å². The van der Waals surface area contributed by atoms with E-state index < -0.39 is 0 Å². The molecular weight excluding hydrogens is 242 g/mol. The van der Waals surface area contributed by atoms with Gasteiger partial charge in [-0.25, -0.2) is 0 Å². The van der Waals surface area contributed by atoms with Gasteiger partial charge < -0.3 is 15.1 Å². The highest BCUT2D eigenvalue weighted by molar-refractivity contribution is 5.79. The number of benzene rings is 1. The fraction of sp³-hybridized carbons (Fsp3) is 0.533. The Morgan fingerprint density at radius 1 is 1.32 bits per heavy atom. The number of carbonyl (C=O) groups excluding carboxylic acids is 1. The van der Waals surface area contributed by atoms with Crippen molar-refractivity contribution in [2.24, 2.45) is 0 Å². The molecule has 0 aromatic heterocycles. The van der Waals surface area contributed by atoms with Gasteiger partial charge in [0.2, 0.25) is 5.91 Å². The first kappa shape index (κ1) is 13.9.